The van der Waals surface area contributed by atoms with E-state index in [-0.39, 0.29) is 0 Å². The summed E-state index contributed by atoms with van der Waals surface area (Å²) in [4.78, 5) is 3.27. The van der Waals surface area contributed by atoms with Crippen molar-refractivity contribution < 1.29 is 4.21 Å². The van der Waals surface area contributed by atoms with E-state index in [2.05, 4.69) is 32.1 Å². The second kappa shape index (κ2) is 4.14. The first-order valence-electron chi connectivity index (χ1n) is 5.72. The maximum Gasteiger partial charge on any atom is 0.0831 e. The van der Waals surface area contributed by atoms with Crippen LogP contribution in [0.5, 0.6) is 0 Å². The summed E-state index contributed by atoms with van der Waals surface area (Å²) in [5.74, 6) is 0. The fraction of sp³-hybridized carbons (Fsp3) is 0.286. The van der Waals surface area contributed by atoms with Crippen molar-refractivity contribution in [1.82, 2.24) is 0 Å². The van der Waals surface area contributed by atoms with Crippen LogP contribution in [0.15, 0.2) is 50.6 Å². The summed E-state index contributed by atoms with van der Waals surface area (Å²) >= 11 is 1.85. The molecule has 0 spiro atoms. The van der Waals surface area contributed by atoms with Crippen molar-refractivity contribution in [3.05, 3.63) is 46.4 Å². The molecule has 0 bridgehead atoms. The van der Waals surface area contributed by atoms with Gasteiger partial charge in [-0.15, -0.1) is 11.8 Å². The van der Waals surface area contributed by atoms with Gasteiger partial charge in [-0.05, 0) is 44.0 Å². The minimum Gasteiger partial charge on any atom is -0.249 e. The van der Waals surface area contributed by atoms with E-state index >= 15 is 0 Å². The highest BCUT2D eigenvalue weighted by atomic mass is 32.2. The number of rotatable bonds is 0. The topological polar surface area (TPSA) is 17.1 Å². The maximum atomic E-state index is 12.5. The van der Waals surface area contributed by atoms with E-state index in [9.17, 15) is 4.21 Å². The molecule has 0 aromatic heterocycles. The van der Waals surface area contributed by atoms with Gasteiger partial charge in [0.25, 0.3) is 0 Å². The van der Waals surface area contributed by atoms with E-state index in [4.69, 9.17) is 0 Å². The summed E-state index contributed by atoms with van der Waals surface area (Å²) in [6.07, 6.45) is 5.33. The Morgan fingerprint density at radius 2 is 2.18 bits per heavy atom. The van der Waals surface area contributed by atoms with E-state index < -0.39 is 10.8 Å². The van der Waals surface area contributed by atoms with Gasteiger partial charge in [0, 0.05) is 15.1 Å². The number of allylic oxidation sites excluding steroid dienone is 3. The molecule has 88 valence electrons. The highest BCUT2D eigenvalue weighted by Crippen LogP contribution is 2.44. The molecule has 0 N–H and O–H groups in total. The monoisotopic (exact) mass is 262 g/mol. The van der Waals surface area contributed by atoms with Crippen molar-refractivity contribution in [2.75, 3.05) is 0 Å². The Kier molecular flexibility index (Phi) is 2.75. The summed E-state index contributed by atoms with van der Waals surface area (Å²) < 4.78 is 12.5. The first kappa shape index (κ1) is 11.3. The second-order valence-corrected chi connectivity index (χ2v) is 7.25. The third-order valence-electron chi connectivity index (χ3n) is 3.12. The van der Waals surface area contributed by atoms with Crippen LogP contribution in [-0.2, 0) is 10.8 Å². The molecule has 1 nitrogen and oxygen atoms in total. The molecule has 3 rings (SSSR count). The van der Waals surface area contributed by atoms with E-state index in [1.165, 1.54) is 16.0 Å². The predicted octanol–water partition coefficient (Wildman–Crippen LogP) is 3.81. The molecule has 0 saturated heterocycles. The van der Waals surface area contributed by atoms with Crippen LogP contribution in [-0.4, -0.2) is 9.46 Å². The lowest BCUT2D eigenvalue weighted by Crippen LogP contribution is -2.19. The molecule has 1 aromatic carbocycles. The molecule has 17 heavy (non-hydrogen) atoms. The van der Waals surface area contributed by atoms with E-state index in [0.717, 1.165) is 16.2 Å². The number of hydrogen-bond acceptors (Lipinski definition) is 2. The third-order valence-corrected chi connectivity index (χ3v) is 6.31. The number of thioether (sulfide) groups is 1. The lowest BCUT2D eigenvalue weighted by molar-refractivity contribution is 0.682. The van der Waals surface area contributed by atoms with Gasteiger partial charge >= 0.3 is 0 Å². The van der Waals surface area contributed by atoms with Gasteiger partial charge in [-0.3, -0.25) is 0 Å². The molecule has 3 heteroatoms. The Bertz CT molecular complexity index is 570. The van der Waals surface area contributed by atoms with Gasteiger partial charge in [0.15, 0.2) is 0 Å². The zero-order valence-electron chi connectivity index (χ0n) is 9.90. The summed E-state index contributed by atoms with van der Waals surface area (Å²) in [5.41, 5.74) is 2.48. The average Bonchev–Trinajstić information content (AvgIpc) is 2.30. The van der Waals surface area contributed by atoms with Crippen LogP contribution in [0.2, 0.25) is 0 Å². The number of fused-ring (bicyclic) bond motifs is 2. The molecule has 0 fully saturated rings. The van der Waals surface area contributed by atoms with Gasteiger partial charge in [0.05, 0.1) is 15.7 Å². The number of hydrogen-bond donors (Lipinski definition) is 0. The van der Waals surface area contributed by atoms with Gasteiger partial charge in [0.1, 0.15) is 0 Å². The van der Waals surface area contributed by atoms with Crippen LogP contribution < -0.4 is 0 Å². The minimum atomic E-state index is -0.961. The Labute approximate surface area is 108 Å². The van der Waals surface area contributed by atoms with Crippen LogP contribution in [0, 0.1) is 6.92 Å². The van der Waals surface area contributed by atoms with E-state index in [1.54, 1.807) is 0 Å². The second-order valence-electron chi connectivity index (χ2n) is 4.56. The molecule has 2 unspecified atom stereocenters. The van der Waals surface area contributed by atoms with Gasteiger partial charge in [-0.2, -0.15) is 0 Å². The molecule has 1 heterocycles. The lowest BCUT2D eigenvalue weighted by Gasteiger charge is -2.28. The fourth-order valence-corrected chi connectivity index (χ4v) is 5.42. The van der Waals surface area contributed by atoms with Crippen LogP contribution in [0.1, 0.15) is 18.9 Å². The predicted molar refractivity (Wildman–Crippen MR) is 73.7 cm³/mol. The van der Waals surface area contributed by atoms with Crippen molar-refractivity contribution in [2.24, 2.45) is 0 Å². The molecule has 2 aliphatic rings. The minimum absolute atomic E-state index is 0.369. The van der Waals surface area contributed by atoms with Crippen molar-refractivity contribution in [3.63, 3.8) is 0 Å². The van der Waals surface area contributed by atoms with Crippen molar-refractivity contribution in [3.8, 4) is 0 Å². The van der Waals surface area contributed by atoms with Crippen molar-refractivity contribution in [1.29, 1.82) is 0 Å². The Balaban J connectivity index is 2.12. The Morgan fingerprint density at radius 1 is 1.35 bits per heavy atom. The van der Waals surface area contributed by atoms with E-state index in [0.29, 0.717) is 5.25 Å². The quantitative estimate of drug-likeness (QED) is 0.707. The zero-order valence-corrected chi connectivity index (χ0v) is 11.5. The zero-order chi connectivity index (χ0) is 12.0. The van der Waals surface area contributed by atoms with Gasteiger partial charge in [0.2, 0.25) is 0 Å². The van der Waals surface area contributed by atoms with Gasteiger partial charge < -0.3 is 0 Å². The summed E-state index contributed by atoms with van der Waals surface area (Å²) in [7, 11) is -0.961. The number of benzene rings is 1. The molecular weight excluding hydrogens is 248 g/mol. The molecule has 1 aliphatic heterocycles. The highest BCUT2D eigenvalue weighted by molar-refractivity contribution is 8.03. The van der Waals surface area contributed by atoms with Gasteiger partial charge in [-0.25, -0.2) is 4.21 Å². The van der Waals surface area contributed by atoms with Crippen molar-refractivity contribution in [2.45, 2.75) is 35.3 Å². The van der Waals surface area contributed by atoms with Crippen LogP contribution >= 0.6 is 11.8 Å². The summed E-state index contributed by atoms with van der Waals surface area (Å²) in [6.45, 7) is 4.16. The molecule has 0 radical (unpaired) electrons. The third kappa shape index (κ3) is 1.91. The van der Waals surface area contributed by atoms with E-state index in [1.807, 2.05) is 23.9 Å². The normalized spacial score (nSPS) is 26.7. The largest absolute Gasteiger partial charge is 0.249 e. The standard InChI is InChI=1S/C14H14OS2/c1-9-4-6-13-12(7-9)16-11-5-3-10(2)8-14(11)17(13)15/h3-4,6-8,11H,5H2,1-2H3. The van der Waals surface area contributed by atoms with Crippen LogP contribution in [0.3, 0.4) is 0 Å². The molecule has 0 saturated carbocycles. The van der Waals surface area contributed by atoms with Gasteiger partial charge in [-0.1, -0.05) is 17.7 Å². The molecule has 2 atom stereocenters. The number of aryl methyl sites for hydroxylation is 1. The highest BCUT2D eigenvalue weighted by Gasteiger charge is 2.30. The summed E-state index contributed by atoms with van der Waals surface area (Å²) in [6, 6.07) is 6.21. The van der Waals surface area contributed by atoms with Crippen LogP contribution in [0.25, 0.3) is 0 Å². The molecule has 0 amide bonds. The maximum absolute atomic E-state index is 12.5. The molecule has 1 aromatic rings. The SMILES string of the molecule is CC1=CCC2Sc3cc(C)ccc3S(=O)C2=C1. The fourth-order valence-electron chi connectivity index (χ4n) is 2.21. The smallest absolute Gasteiger partial charge is 0.0831 e. The lowest BCUT2D eigenvalue weighted by atomic mass is 10.1. The Morgan fingerprint density at radius 3 is 3.00 bits per heavy atom. The first-order chi connectivity index (χ1) is 8.15. The molecular formula is C14H14OS2. The molecule has 1 aliphatic carbocycles. The first-order valence-corrected chi connectivity index (χ1v) is 7.75. The average molecular weight is 262 g/mol. The Hall–Kier alpha value is -0.800. The summed E-state index contributed by atoms with van der Waals surface area (Å²) in [5, 5.41) is 0.369. The van der Waals surface area contributed by atoms with Crippen molar-refractivity contribution >= 4 is 22.6 Å². The van der Waals surface area contributed by atoms with Crippen LogP contribution in [0.4, 0.5) is 0 Å².